The largest absolute Gasteiger partial charge is 0.399 e. The van der Waals surface area contributed by atoms with Crippen LogP contribution in [0, 0.1) is 3.57 Å². The van der Waals surface area contributed by atoms with Gasteiger partial charge in [-0.15, -0.1) is 0 Å². The predicted molar refractivity (Wildman–Crippen MR) is 90.8 cm³/mol. The van der Waals surface area contributed by atoms with E-state index in [-0.39, 0.29) is 5.91 Å². The lowest BCUT2D eigenvalue weighted by Gasteiger charge is -2.18. The number of hydrogen-bond acceptors (Lipinski definition) is 2. The van der Waals surface area contributed by atoms with Crippen LogP contribution in [-0.2, 0) is 6.54 Å². The molecule has 0 aliphatic heterocycles. The lowest BCUT2D eigenvalue weighted by molar-refractivity contribution is 0.0785. The minimum absolute atomic E-state index is 0.0418. The van der Waals surface area contributed by atoms with Gasteiger partial charge in [0.1, 0.15) is 0 Å². The van der Waals surface area contributed by atoms with Crippen molar-refractivity contribution in [2.24, 2.45) is 0 Å². The van der Waals surface area contributed by atoms with E-state index in [2.05, 4.69) is 22.6 Å². The molecule has 2 aromatic rings. The molecule has 0 bridgehead atoms. The average molecular weight is 401 g/mol. The van der Waals surface area contributed by atoms with Gasteiger partial charge < -0.3 is 10.6 Å². The predicted octanol–water partition coefficient (Wildman–Crippen LogP) is 3.80. The number of anilines is 1. The van der Waals surface area contributed by atoms with Crippen molar-refractivity contribution in [2.75, 3.05) is 12.8 Å². The van der Waals surface area contributed by atoms with Crippen molar-refractivity contribution in [1.82, 2.24) is 4.90 Å². The van der Waals surface area contributed by atoms with Crippen LogP contribution in [0.25, 0.3) is 0 Å². The number of benzene rings is 2. The van der Waals surface area contributed by atoms with Crippen LogP contribution in [0.1, 0.15) is 15.9 Å². The fourth-order valence-corrected chi connectivity index (χ4v) is 2.39. The maximum Gasteiger partial charge on any atom is 0.253 e. The highest BCUT2D eigenvalue weighted by atomic mass is 127. The molecule has 0 aliphatic carbocycles. The lowest BCUT2D eigenvalue weighted by Crippen LogP contribution is -2.26. The highest BCUT2D eigenvalue weighted by molar-refractivity contribution is 14.1. The highest BCUT2D eigenvalue weighted by Crippen LogP contribution is 2.21. The number of rotatable bonds is 3. The van der Waals surface area contributed by atoms with Crippen LogP contribution in [0.2, 0.25) is 5.02 Å². The van der Waals surface area contributed by atoms with Gasteiger partial charge in [0.25, 0.3) is 5.91 Å². The number of carbonyl (C=O) groups excluding carboxylic acids is 1. The van der Waals surface area contributed by atoms with Gasteiger partial charge in [-0.3, -0.25) is 4.79 Å². The molecule has 2 N–H and O–H groups in total. The first-order valence-electron chi connectivity index (χ1n) is 6.02. The van der Waals surface area contributed by atoms with Crippen LogP contribution in [-0.4, -0.2) is 17.9 Å². The zero-order valence-electron chi connectivity index (χ0n) is 10.9. The molecule has 0 saturated heterocycles. The zero-order chi connectivity index (χ0) is 14.7. The van der Waals surface area contributed by atoms with Crippen LogP contribution < -0.4 is 5.73 Å². The van der Waals surface area contributed by atoms with E-state index in [0.717, 1.165) is 9.13 Å². The maximum absolute atomic E-state index is 12.3. The SMILES string of the molecule is CN(Cc1cc(N)ccc1Cl)C(=O)c1ccc(I)cc1. The van der Waals surface area contributed by atoms with Crippen LogP contribution in [0.5, 0.6) is 0 Å². The second kappa shape index (κ2) is 6.45. The van der Waals surface area contributed by atoms with Crippen molar-refractivity contribution < 1.29 is 4.79 Å². The molecule has 0 heterocycles. The van der Waals surface area contributed by atoms with Crippen LogP contribution in [0.15, 0.2) is 42.5 Å². The zero-order valence-corrected chi connectivity index (χ0v) is 13.9. The number of halogens is 2. The lowest BCUT2D eigenvalue weighted by atomic mass is 10.1. The maximum atomic E-state index is 12.3. The molecule has 1 amide bonds. The van der Waals surface area contributed by atoms with Gasteiger partial charge in [0.15, 0.2) is 0 Å². The van der Waals surface area contributed by atoms with Crippen molar-refractivity contribution in [3.63, 3.8) is 0 Å². The van der Waals surface area contributed by atoms with Gasteiger partial charge in [-0.2, -0.15) is 0 Å². The summed E-state index contributed by atoms with van der Waals surface area (Å²) in [6.45, 7) is 0.425. The Morgan fingerprint density at radius 3 is 2.55 bits per heavy atom. The molecule has 3 nitrogen and oxygen atoms in total. The number of amides is 1. The molecule has 0 fully saturated rings. The van der Waals surface area contributed by atoms with Crippen molar-refractivity contribution >= 4 is 45.8 Å². The fourth-order valence-electron chi connectivity index (χ4n) is 1.86. The van der Waals surface area contributed by atoms with Gasteiger partial charge in [-0.25, -0.2) is 0 Å². The summed E-state index contributed by atoms with van der Waals surface area (Å²) in [6, 6.07) is 12.7. The summed E-state index contributed by atoms with van der Waals surface area (Å²) in [4.78, 5) is 13.9. The summed E-state index contributed by atoms with van der Waals surface area (Å²) in [6.07, 6.45) is 0. The Morgan fingerprint density at radius 1 is 1.25 bits per heavy atom. The van der Waals surface area contributed by atoms with Gasteiger partial charge in [0.05, 0.1) is 0 Å². The number of hydrogen-bond donors (Lipinski definition) is 1. The smallest absolute Gasteiger partial charge is 0.253 e. The van der Waals surface area contributed by atoms with Crippen molar-refractivity contribution in [1.29, 1.82) is 0 Å². The van der Waals surface area contributed by atoms with E-state index < -0.39 is 0 Å². The number of carbonyl (C=O) groups is 1. The van der Waals surface area contributed by atoms with Crippen LogP contribution in [0.4, 0.5) is 5.69 Å². The Labute approximate surface area is 136 Å². The van der Waals surface area contributed by atoms with E-state index in [4.69, 9.17) is 17.3 Å². The van der Waals surface area contributed by atoms with Crippen molar-refractivity contribution in [2.45, 2.75) is 6.54 Å². The first-order valence-corrected chi connectivity index (χ1v) is 7.48. The molecule has 0 spiro atoms. The number of nitrogens with zero attached hydrogens (tertiary/aromatic N) is 1. The highest BCUT2D eigenvalue weighted by Gasteiger charge is 2.13. The molecule has 0 aromatic heterocycles. The Morgan fingerprint density at radius 2 is 1.90 bits per heavy atom. The Kier molecular flexibility index (Phi) is 4.88. The third-order valence-electron chi connectivity index (χ3n) is 2.92. The first kappa shape index (κ1) is 15.1. The standard InChI is InChI=1S/C15H14ClIN2O/c1-19(9-11-8-13(18)6-7-14(11)16)15(20)10-2-4-12(17)5-3-10/h2-8H,9,18H2,1H3. The minimum Gasteiger partial charge on any atom is -0.399 e. The van der Waals surface area contributed by atoms with Crippen LogP contribution in [0.3, 0.4) is 0 Å². The van der Waals surface area contributed by atoms with Gasteiger partial charge in [0, 0.05) is 33.4 Å². The molecule has 0 radical (unpaired) electrons. The second-order valence-corrected chi connectivity index (χ2v) is 6.17. The molecule has 0 unspecified atom stereocenters. The molecule has 0 aliphatic rings. The van der Waals surface area contributed by atoms with E-state index in [0.29, 0.717) is 22.8 Å². The Balaban J connectivity index is 2.15. The summed E-state index contributed by atoms with van der Waals surface area (Å²) >= 11 is 8.32. The van der Waals surface area contributed by atoms with Crippen LogP contribution >= 0.6 is 34.2 Å². The van der Waals surface area contributed by atoms with Crippen molar-refractivity contribution in [3.05, 3.63) is 62.2 Å². The first-order chi connectivity index (χ1) is 9.47. The molecule has 0 atom stereocenters. The second-order valence-electron chi connectivity index (χ2n) is 4.52. The normalized spacial score (nSPS) is 10.3. The molecule has 5 heteroatoms. The fraction of sp³-hybridized carbons (Fsp3) is 0.133. The summed E-state index contributed by atoms with van der Waals surface area (Å²) in [5.74, 6) is -0.0418. The molecule has 20 heavy (non-hydrogen) atoms. The quantitative estimate of drug-likeness (QED) is 0.629. The van der Waals surface area contributed by atoms with E-state index in [9.17, 15) is 4.79 Å². The van der Waals surface area contributed by atoms with E-state index in [1.54, 1.807) is 30.1 Å². The third-order valence-corrected chi connectivity index (χ3v) is 4.00. The molecule has 2 aromatic carbocycles. The summed E-state index contributed by atoms with van der Waals surface area (Å²) in [7, 11) is 1.75. The average Bonchev–Trinajstić information content (AvgIpc) is 2.43. The third kappa shape index (κ3) is 3.64. The summed E-state index contributed by atoms with van der Waals surface area (Å²) < 4.78 is 1.10. The molecular weight excluding hydrogens is 387 g/mol. The van der Waals surface area contributed by atoms with Gasteiger partial charge in [-0.05, 0) is 70.6 Å². The molecule has 104 valence electrons. The van der Waals surface area contributed by atoms with E-state index >= 15 is 0 Å². The number of nitrogens with two attached hydrogens (primary N) is 1. The summed E-state index contributed by atoms with van der Waals surface area (Å²) in [5, 5.41) is 0.612. The van der Waals surface area contributed by atoms with Gasteiger partial charge in [0.2, 0.25) is 0 Å². The number of nitrogen functional groups attached to an aromatic ring is 1. The Bertz CT molecular complexity index is 628. The monoisotopic (exact) mass is 400 g/mol. The van der Waals surface area contributed by atoms with E-state index in [1.807, 2.05) is 24.3 Å². The molecular formula is C15H14ClIN2O. The van der Waals surface area contributed by atoms with Crippen molar-refractivity contribution in [3.8, 4) is 0 Å². The Hall–Kier alpha value is -1.27. The van der Waals surface area contributed by atoms with E-state index in [1.165, 1.54) is 0 Å². The topological polar surface area (TPSA) is 46.3 Å². The molecule has 0 saturated carbocycles. The van der Waals surface area contributed by atoms with Gasteiger partial charge in [-0.1, -0.05) is 11.6 Å². The minimum atomic E-state index is -0.0418. The van der Waals surface area contributed by atoms with Gasteiger partial charge >= 0.3 is 0 Å². The molecule has 2 rings (SSSR count). The summed E-state index contributed by atoms with van der Waals surface area (Å²) in [5.41, 5.74) is 7.88.